The van der Waals surface area contributed by atoms with Crippen molar-refractivity contribution >= 4 is 5.91 Å². The molecule has 0 saturated carbocycles. The second-order valence-corrected chi connectivity index (χ2v) is 4.59. The number of ether oxygens (including phenoxy) is 1. The molecule has 1 atom stereocenters. The fraction of sp³-hybridized carbons (Fsp3) is 0.429. The average Bonchev–Trinajstić information content (AvgIpc) is 3.01. The summed E-state index contributed by atoms with van der Waals surface area (Å²) in [5.41, 5.74) is 0.795. The van der Waals surface area contributed by atoms with Gasteiger partial charge in [0.2, 0.25) is 5.91 Å². The van der Waals surface area contributed by atoms with Crippen LogP contribution in [-0.2, 0) is 16.1 Å². The summed E-state index contributed by atoms with van der Waals surface area (Å²) < 4.78 is 6.85. The number of amides is 1. The van der Waals surface area contributed by atoms with Gasteiger partial charge in [-0.1, -0.05) is 6.07 Å². The standard InChI is InChI=1S/C14H19N5O2/c1-21-9-13(12-5-2-3-7-16-12)18-14(20)6-4-8-19-11-15-10-17-19/h2-3,5,7,10-11,13H,4,6,8-9H2,1H3,(H,18,20)/t13-/m1/s1. The summed E-state index contributed by atoms with van der Waals surface area (Å²) in [5, 5.41) is 6.94. The van der Waals surface area contributed by atoms with Crippen LogP contribution >= 0.6 is 0 Å². The first-order valence-electron chi connectivity index (χ1n) is 6.81. The van der Waals surface area contributed by atoms with E-state index in [0.717, 1.165) is 5.69 Å². The summed E-state index contributed by atoms with van der Waals surface area (Å²) in [4.78, 5) is 20.1. The molecule has 21 heavy (non-hydrogen) atoms. The summed E-state index contributed by atoms with van der Waals surface area (Å²) in [7, 11) is 1.60. The molecule has 0 aliphatic heterocycles. The highest BCUT2D eigenvalue weighted by molar-refractivity contribution is 5.76. The van der Waals surface area contributed by atoms with Gasteiger partial charge in [-0.25, -0.2) is 4.98 Å². The minimum atomic E-state index is -0.227. The van der Waals surface area contributed by atoms with E-state index in [9.17, 15) is 4.79 Å². The van der Waals surface area contributed by atoms with E-state index in [1.54, 1.807) is 24.3 Å². The van der Waals surface area contributed by atoms with Crippen molar-refractivity contribution in [3.8, 4) is 0 Å². The van der Waals surface area contributed by atoms with Crippen LogP contribution in [0, 0.1) is 0 Å². The Hall–Kier alpha value is -2.28. The lowest BCUT2D eigenvalue weighted by atomic mass is 10.2. The zero-order valence-corrected chi connectivity index (χ0v) is 12.0. The van der Waals surface area contributed by atoms with Gasteiger partial charge in [-0.3, -0.25) is 14.5 Å². The van der Waals surface area contributed by atoms with Gasteiger partial charge in [0.15, 0.2) is 0 Å². The molecule has 2 heterocycles. The molecular weight excluding hydrogens is 270 g/mol. The average molecular weight is 289 g/mol. The number of carbonyl (C=O) groups excluding carboxylic acids is 1. The van der Waals surface area contributed by atoms with Crippen molar-refractivity contribution in [2.75, 3.05) is 13.7 Å². The van der Waals surface area contributed by atoms with Gasteiger partial charge in [-0.05, 0) is 18.6 Å². The van der Waals surface area contributed by atoms with Crippen LogP contribution in [0.5, 0.6) is 0 Å². The summed E-state index contributed by atoms with van der Waals surface area (Å²) in [6.07, 6.45) is 5.95. The van der Waals surface area contributed by atoms with Crippen LogP contribution in [0.15, 0.2) is 37.1 Å². The molecule has 0 aliphatic carbocycles. The molecule has 0 aromatic carbocycles. The normalized spacial score (nSPS) is 12.0. The number of hydrogen-bond acceptors (Lipinski definition) is 5. The Morgan fingerprint density at radius 2 is 2.38 bits per heavy atom. The topological polar surface area (TPSA) is 81.9 Å². The molecule has 1 N–H and O–H groups in total. The second kappa shape index (κ2) is 8.11. The van der Waals surface area contributed by atoms with Crippen LogP contribution < -0.4 is 5.32 Å². The predicted octanol–water partition coefficient (Wildman–Crippen LogP) is 0.957. The van der Waals surface area contributed by atoms with Gasteiger partial charge < -0.3 is 10.1 Å². The molecule has 1 amide bonds. The number of aryl methyl sites for hydroxylation is 1. The third kappa shape index (κ3) is 4.96. The minimum absolute atomic E-state index is 0.0252. The van der Waals surface area contributed by atoms with Gasteiger partial charge in [-0.2, -0.15) is 5.10 Å². The molecule has 0 fully saturated rings. The predicted molar refractivity (Wildman–Crippen MR) is 76.3 cm³/mol. The first-order valence-corrected chi connectivity index (χ1v) is 6.81. The lowest BCUT2D eigenvalue weighted by molar-refractivity contribution is -0.122. The van der Waals surface area contributed by atoms with Gasteiger partial charge >= 0.3 is 0 Å². The van der Waals surface area contributed by atoms with Gasteiger partial charge in [0.05, 0.1) is 18.3 Å². The van der Waals surface area contributed by atoms with Crippen molar-refractivity contribution in [2.45, 2.75) is 25.4 Å². The van der Waals surface area contributed by atoms with Gasteiger partial charge in [0.1, 0.15) is 12.7 Å². The van der Waals surface area contributed by atoms with Crippen LogP contribution in [0.25, 0.3) is 0 Å². The molecule has 0 aliphatic rings. The smallest absolute Gasteiger partial charge is 0.220 e. The van der Waals surface area contributed by atoms with Crippen LogP contribution in [0.1, 0.15) is 24.6 Å². The Labute approximate surface area is 123 Å². The highest BCUT2D eigenvalue weighted by atomic mass is 16.5. The summed E-state index contributed by atoms with van der Waals surface area (Å²) in [6.45, 7) is 1.07. The highest BCUT2D eigenvalue weighted by Crippen LogP contribution is 2.10. The van der Waals surface area contributed by atoms with Gasteiger partial charge in [-0.15, -0.1) is 0 Å². The third-order valence-corrected chi connectivity index (χ3v) is 2.97. The molecule has 2 aromatic rings. The molecular formula is C14H19N5O2. The largest absolute Gasteiger partial charge is 0.382 e. The van der Waals surface area contributed by atoms with Gasteiger partial charge in [0.25, 0.3) is 0 Å². The van der Waals surface area contributed by atoms with Crippen LogP contribution in [0.2, 0.25) is 0 Å². The number of nitrogens with zero attached hydrogens (tertiary/aromatic N) is 4. The minimum Gasteiger partial charge on any atom is -0.382 e. The fourth-order valence-corrected chi connectivity index (χ4v) is 1.97. The Kier molecular flexibility index (Phi) is 5.83. The Morgan fingerprint density at radius 3 is 3.05 bits per heavy atom. The fourth-order valence-electron chi connectivity index (χ4n) is 1.97. The van der Waals surface area contributed by atoms with E-state index in [-0.39, 0.29) is 11.9 Å². The Bertz CT molecular complexity index is 530. The Morgan fingerprint density at radius 1 is 1.48 bits per heavy atom. The van der Waals surface area contributed by atoms with E-state index in [0.29, 0.717) is 26.0 Å². The van der Waals surface area contributed by atoms with Crippen LogP contribution in [0.3, 0.4) is 0 Å². The van der Waals surface area contributed by atoms with Crippen molar-refractivity contribution < 1.29 is 9.53 Å². The van der Waals surface area contributed by atoms with Crippen molar-refractivity contribution in [3.63, 3.8) is 0 Å². The number of rotatable bonds is 8. The lowest BCUT2D eigenvalue weighted by Gasteiger charge is -2.17. The third-order valence-electron chi connectivity index (χ3n) is 2.97. The SMILES string of the molecule is COC[C@@H](NC(=O)CCCn1cncn1)c1ccccn1. The van der Waals surface area contributed by atoms with E-state index < -0.39 is 0 Å². The van der Waals surface area contributed by atoms with Crippen molar-refractivity contribution in [2.24, 2.45) is 0 Å². The molecule has 0 radical (unpaired) electrons. The van der Waals surface area contributed by atoms with Gasteiger partial charge in [0, 0.05) is 26.3 Å². The number of nitrogens with one attached hydrogen (secondary N) is 1. The summed E-state index contributed by atoms with van der Waals surface area (Å²) in [5.74, 6) is -0.0252. The molecule has 0 saturated heterocycles. The molecule has 0 spiro atoms. The van der Waals surface area contributed by atoms with Crippen molar-refractivity contribution in [1.82, 2.24) is 25.1 Å². The number of methoxy groups -OCH3 is 1. The quantitative estimate of drug-likeness (QED) is 0.782. The van der Waals surface area contributed by atoms with E-state index in [4.69, 9.17) is 4.74 Å². The number of pyridine rings is 1. The maximum absolute atomic E-state index is 12.0. The molecule has 112 valence electrons. The molecule has 0 unspecified atom stereocenters. The van der Waals surface area contributed by atoms with E-state index >= 15 is 0 Å². The monoisotopic (exact) mass is 289 g/mol. The van der Waals surface area contributed by atoms with Crippen molar-refractivity contribution in [3.05, 3.63) is 42.7 Å². The number of carbonyl (C=O) groups is 1. The maximum Gasteiger partial charge on any atom is 0.220 e. The zero-order valence-electron chi connectivity index (χ0n) is 12.0. The molecule has 7 nitrogen and oxygen atoms in total. The summed E-state index contributed by atoms with van der Waals surface area (Å²) in [6, 6.07) is 5.38. The zero-order chi connectivity index (χ0) is 14.9. The first-order chi connectivity index (χ1) is 10.3. The Balaban J connectivity index is 1.81. The molecule has 2 aromatic heterocycles. The van der Waals surface area contributed by atoms with E-state index in [1.165, 1.54) is 6.33 Å². The summed E-state index contributed by atoms with van der Waals surface area (Å²) >= 11 is 0. The number of hydrogen-bond donors (Lipinski definition) is 1. The molecule has 2 rings (SSSR count). The first kappa shape index (κ1) is 15.1. The second-order valence-electron chi connectivity index (χ2n) is 4.59. The van der Waals surface area contributed by atoms with E-state index in [1.807, 2.05) is 18.2 Å². The number of aromatic nitrogens is 4. The van der Waals surface area contributed by atoms with Crippen LogP contribution in [-0.4, -0.2) is 39.4 Å². The highest BCUT2D eigenvalue weighted by Gasteiger charge is 2.15. The lowest BCUT2D eigenvalue weighted by Crippen LogP contribution is -2.31. The molecule has 7 heteroatoms. The molecule has 0 bridgehead atoms. The van der Waals surface area contributed by atoms with Crippen molar-refractivity contribution in [1.29, 1.82) is 0 Å². The van der Waals surface area contributed by atoms with E-state index in [2.05, 4.69) is 20.4 Å². The van der Waals surface area contributed by atoms with Crippen LogP contribution in [0.4, 0.5) is 0 Å². The maximum atomic E-state index is 12.0.